The molecule has 29 heavy (non-hydrogen) atoms. The molecule has 0 saturated heterocycles. The number of carbonyl (C=O) groups is 2. The molecule has 1 aromatic carbocycles. The van der Waals surface area contributed by atoms with Gasteiger partial charge in [0, 0.05) is 18.5 Å². The Labute approximate surface area is 173 Å². The Morgan fingerprint density at radius 3 is 2.52 bits per heavy atom. The number of terminal acetylenes is 1. The van der Waals surface area contributed by atoms with Gasteiger partial charge in [-0.05, 0) is 61.3 Å². The van der Waals surface area contributed by atoms with E-state index in [1.54, 1.807) is 24.3 Å². The molecule has 0 heterocycles. The first-order valence-electron chi connectivity index (χ1n) is 10.0. The minimum atomic E-state index is -0.140. The lowest BCUT2D eigenvalue weighted by Crippen LogP contribution is -2.37. The van der Waals surface area contributed by atoms with Crippen LogP contribution in [0.5, 0.6) is 0 Å². The number of hydrogen-bond acceptors (Lipinski definition) is 3. The van der Waals surface area contributed by atoms with E-state index in [-0.39, 0.29) is 30.2 Å². The maximum Gasteiger partial charge on any atom is 0.251 e. The standard InChI is InChI=1S/C24H29N3O2/c1-5-10-26-23(28)13-20-12-22(16(2)3)21(11-17(20)4)15-27-24(29)19-8-6-18(14-25)7-9-19/h1,6-9,11,16,20-22H,10,12-13,15H2,2-4H3,(H,26,28)(H,27,29). The van der Waals surface area contributed by atoms with Crippen molar-refractivity contribution in [1.29, 1.82) is 5.26 Å². The minimum absolute atomic E-state index is 0.0178. The van der Waals surface area contributed by atoms with Crippen molar-refractivity contribution in [2.45, 2.75) is 33.6 Å². The first-order chi connectivity index (χ1) is 13.8. The molecule has 3 atom stereocenters. The SMILES string of the molecule is C#CCNC(=O)CC1CC(C(C)C)C(CNC(=O)c2ccc(C#N)cc2)C=C1C. The van der Waals surface area contributed by atoms with E-state index in [0.717, 1.165) is 6.42 Å². The molecule has 2 N–H and O–H groups in total. The van der Waals surface area contributed by atoms with Crippen molar-refractivity contribution in [3.05, 3.63) is 47.0 Å². The zero-order chi connectivity index (χ0) is 21.4. The lowest BCUT2D eigenvalue weighted by atomic mass is 9.69. The molecule has 5 heteroatoms. The van der Waals surface area contributed by atoms with E-state index >= 15 is 0 Å². The summed E-state index contributed by atoms with van der Waals surface area (Å²) in [4.78, 5) is 24.6. The van der Waals surface area contributed by atoms with Gasteiger partial charge in [0.25, 0.3) is 5.91 Å². The highest BCUT2D eigenvalue weighted by Gasteiger charge is 2.32. The molecule has 2 amide bonds. The topological polar surface area (TPSA) is 82.0 Å². The number of nitriles is 1. The van der Waals surface area contributed by atoms with Crippen molar-refractivity contribution in [2.75, 3.05) is 13.1 Å². The number of nitrogens with one attached hydrogen (secondary N) is 2. The van der Waals surface area contributed by atoms with Gasteiger partial charge in [-0.2, -0.15) is 5.26 Å². The van der Waals surface area contributed by atoms with Gasteiger partial charge in [0.15, 0.2) is 0 Å². The predicted octanol–water partition coefficient (Wildman–Crippen LogP) is 3.28. The molecular formula is C24H29N3O2. The molecule has 152 valence electrons. The second-order valence-electron chi connectivity index (χ2n) is 8.00. The van der Waals surface area contributed by atoms with Crippen LogP contribution in [0.1, 0.15) is 49.5 Å². The zero-order valence-electron chi connectivity index (χ0n) is 17.4. The summed E-state index contributed by atoms with van der Waals surface area (Å²) in [6, 6.07) is 8.68. The first kappa shape index (κ1) is 22.2. The van der Waals surface area contributed by atoms with Gasteiger partial charge in [0.1, 0.15) is 0 Å². The average Bonchev–Trinajstić information content (AvgIpc) is 2.71. The zero-order valence-corrected chi connectivity index (χ0v) is 17.4. The van der Waals surface area contributed by atoms with Crippen LogP contribution in [0.2, 0.25) is 0 Å². The Hall–Kier alpha value is -3.05. The molecule has 1 aliphatic carbocycles. The summed E-state index contributed by atoms with van der Waals surface area (Å²) in [5.41, 5.74) is 2.27. The van der Waals surface area contributed by atoms with Gasteiger partial charge in [0.05, 0.1) is 18.2 Å². The molecule has 2 rings (SSSR count). The van der Waals surface area contributed by atoms with Gasteiger partial charge in [-0.1, -0.05) is 31.4 Å². The van der Waals surface area contributed by atoms with Crippen molar-refractivity contribution in [2.24, 2.45) is 23.7 Å². The summed E-state index contributed by atoms with van der Waals surface area (Å²) in [7, 11) is 0. The maximum absolute atomic E-state index is 12.5. The number of amides is 2. The number of nitrogens with zero attached hydrogens (tertiary/aromatic N) is 1. The fourth-order valence-electron chi connectivity index (χ4n) is 3.96. The van der Waals surface area contributed by atoms with Gasteiger partial charge in [-0.3, -0.25) is 9.59 Å². The number of allylic oxidation sites excluding steroid dienone is 1. The Bertz CT molecular complexity index is 840. The Kier molecular flexibility index (Phi) is 8.04. The van der Waals surface area contributed by atoms with E-state index in [4.69, 9.17) is 11.7 Å². The molecule has 0 bridgehead atoms. The van der Waals surface area contributed by atoms with Crippen LogP contribution in [-0.2, 0) is 4.79 Å². The normalized spacial score (nSPS) is 20.9. The Balaban J connectivity index is 2.03. The molecular weight excluding hydrogens is 362 g/mol. The van der Waals surface area contributed by atoms with Crippen molar-refractivity contribution >= 4 is 11.8 Å². The van der Waals surface area contributed by atoms with Crippen molar-refractivity contribution in [3.8, 4) is 18.4 Å². The van der Waals surface area contributed by atoms with E-state index in [9.17, 15) is 9.59 Å². The van der Waals surface area contributed by atoms with Crippen LogP contribution in [0.4, 0.5) is 0 Å². The second kappa shape index (κ2) is 10.5. The molecule has 0 saturated carbocycles. The van der Waals surface area contributed by atoms with E-state index < -0.39 is 0 Å². The summed E-state index contributed by atoms with van der Waals surface area (Å²) in [5, 5.41) is 14.6. The van der Waals surface area contributed by atoms with Crippen LogP contribution in [0.3, 0.4) is 0 Å². The van der Waals surface area contributed by atoms with Crippen LogP contribution in [0, 0.1) is 47.3 Å². The molecule has 1 aliphatic rings. The van der Waals surface area contributed by atoms with Gasteiger partial charge < -0.3 is 10.6 Å². The highest BCUT2D eigenvalue weighted by atomic mass is 16.2. The molecule has 0 aliphatic heterocycles. The highest BCUT2D eigenvalue weighted by Crippen LogP contribution is 2.38. The van der Waals surface area contributed by atoms with Crippen LogP contribution in [-0.4, -0.2) is 24.9 Å². The fourth-order valence-corrected chi connectivity index (χ4v) is 3.96. The highest BCUT2D eigenvalue weighted by molar-refractivity contribution is 5.94. The molecule has 3 unspecified atom stereocenters. The number of benzene rings is 1. The van der Waals surface area contributed by atoms with E-state index in [1.165, 1.54) is 5.57 Å². The lowest BCUT2D eigenvalue weighted by molar-refractivity contribution is -0.121. The summed E-state index contributed by atoms with van der Waals surface area (Å²) >= 11 is 0. The third-order valence-electron chi connectivity index (χ3n) is 5.68. The summed E-state index contributed by atoms with van der Waals surface area (Å²) < 4.78 is 0. The van der Waals surface area contributed by atoms with Gasteiger partial charge in [-0.25, -0.2) is 0 Å². The average molecular weight is 392 g/mol. The quantitative estimate of drug-likeness (QED) is 0.553. The fraction of sp³-hybridized carbons (Fsp3) is 0.458. The molecule has 0 aromatic heterocycles. The van der Waals surface area contributed by atoms with Crippen LogP contribution >= 0.6 is 0 Å². The van der Waals surface area contributed by atoms with Crippen molar-refractivity contribution in [1.82, 2.24) is 10.6 Å². The van der Waals surface area contributed by atoms with Crippen LogP contribution < -0.4 is 10.6 Å². The minimum Gasteiger partial charge on any atom is -0.351 e. The molecule has 0 spiro atoms. The Morgan fingerprint density at radius 2 is 1.93 bits per heavy atom. The smallest absolute Gasteiger partial charge is 0.251 e. The lowest BCUT2D eigenvalue weighted by Gasteiger charge is -2.37. The summed E-state index contributed by atoms with van der Waals surface area (Å²) in [6.07, 6.45) is 8.78. The number of carbonyl (C=O) groups excluding carboxylic acids is 2. The molecule has 5 nitrogen and oxygen atoms in total. The van der Waals surface area contributed by atoms with E-state index in [0.29, 0.717) is 35.9 Å². The van der Waals surface area contributed by atoms with E-state index in [1.807, 2.05) is 0 Å². The second-order valence-corrected chi connectivity index (χ2v) is 8.00. The van der Waals surface area contributed by atoms with Crippen molar-refractivity contribution < 1.29 is 9.59 Å². The molecule has 1 aromatic rings. The van der Waals surface area contributed by atoms with Crippen molar-refractivity contribution in [3.63, 3.8) is 0 Å². The van der Waals surface area contributed by atoms with Crippen LogP contribution in [0.25, 0.3) is 0 Å². The number of rotatable bonds is 7. The van der Waals surface area contributed by atoms with Crippen LogP contribution in [0.15, 0.2) is 35.9 Å². The van der Waals surface area contributed by atoms with Gasteiger partial charge in [-0.15, -0.1) is 6.42 Å². The number of hydrogen-bond donors (Lipinski definition) is 2. The summed E-state index contributed by atoms with van der Waals surface area (Å²) in [5.74, 6) is 3.51. The summed E-state index contributed by atoms with van der Waals surface area (Å²) in [6.45, 7) is 7.24. The Morgan fingerprint density at radius 1 is 1.24 bits per heavy atom. The maximum atomic E-state index is 12.5. The third kappa shape index (κ3) is 6.22. The molecule has 0 radical (unpaired) electrons. The van der Waals surface area contributed by atoms with Gasteiger partial charge >= 0.3 is 0 Å². The third-order valence-corrected chi connectivity index (χ3v) is 5.68. The van der Waals surface area contributed by atoms with Gasteiger partial charge in [0.2, 0.25) is 5.91 Å². The predicted molar refractivity (Wildman–Crippen MR) is 114 cm³/mol. The largest absolute Gasteiger partial charge is 0.351 e. The molecule has 0 fully saturated rings. The van der Waals surface area contributed by atoms with E-state index in [2.05, 4.69) is 49.5 Å². The monoisotopic (exact) mass is 391 g/mol. The first-order valence-corrected chi connectivity index (χ1v) is 10.0.